The van der Waals surface area contributed by atoms with Crippen LogP contribution < -0.4 is 9.62 Å². The van der Waals surface area contributed by atoms with E-state index < -0.39 is 34.5 Å². The lowest BCUT2D eigenvalue weighted by Crippen LogP contribution is -2.54. The number of nitrogens with zero attached hydrogens (tertiary/aromatic N) is 3. The fourth-order valence-electron chi connectivity index (χ4n) is 4.22. The molecule has 1 N–H and O–H groups in total. The topological polar surface area (TPSA) is 90.0 Å². The van der Waals surface area contributed by atoms with Crippen LogP contribution in [0.4, 0.5) is 10.1 Å². The molecular weight excluding hydrogens is 611 g/mol. The van der Waals surface area contributed by atoms with E-state index in [1.165, 1.54) is 31.1 Å². The maximum absolute atomic E-state index is 14.2. The van der Waals surface area contributed by atoms with Crippen LogP contribution in [0.1, 0.15) is 30.9 Å². The number of halogens is 2. The molecule has 3 rings (SSSR count). The minimum atomic E-state index is -4.15. The third-order valence-corrected chi connectivity index (χ3v) is 8.79. The summed E-state index contributed by atoms with van der Waals surface area (Å²) in [4.78, 5) is 29.2. The van der Waals surface area contributed by atoms with Gasteiger partial charge in [-0.1, -0.05) is 71.7 Å². The van der Waals surface area contributed by atoms with Crippen molar-refractivity contribution in [3.63, 3.8) is 0 Å². The number of benzene rings is 3. The maximum Gasteiger partial charge on any atom is 0.304 e. The van der Waals surface area contributed by atoms with Crippen molar-refractivity contribution in [3.8, 4) is 0 Å². The second-order valence-electron chi connectivity index (χ2n) is 9.77. The third-order valence-electron chi connectivity index (χ3n) is 6.48. The van der Waals surface area contributed by atoms with Crippen LogP contribution in [0.5, 0.6) is 0 Å². The summed E-state index contributed by atoms with van der Waals surface area (Å²) in [5, 5.41) is 2.95. The number of hydrogen-bond donors (Lipinski definition) is 1. The first kappa shape index (κ1) is 32.2. The van der Waals surface area contributed by atoms with Crippen LogP contribution in [0.2, 0.25) is 0 Å². The van der Waals surface area contributed by atoms with E-state index >= 15 is 0 Å². The Morgan fingerprint density at radius 3 is 2.22 bits per heavy atom. The van der Waals surface area contributed by atoms with Gasteiger partial charge in [0.15, 0.2) is 0 Å². The zero-order valence-electron chi connectivity index (χ0n) is 23.5. The molecule has 0 saturated heterocycles. The van der Waals surface area contributed by atoms with Crippen LogP contribution in [0.25, 0.3) is 0 Å². The van der Waals surface area contributed by atoms with Gasteiger partial charge < -0.3 is 10.2 Å². The molecule has 41 heavy (non-hydrogen) atoms. The highest BCUT2D eigenvalue weighted by molar-refractivity contribution is 9.10. The van der Waals surface area contributed by atoms with E-state index in [2.05, 4.69) is 21.2 Å². The fraction of sp³-hybridized carbons (Fsp3) is 0.333. The number of rotatable bonds is 14. The highest BCUT2D eigenvalue weighted by Crippen LogP contribution is 2.23. The van der Waals surface area contributed by atoms with Crippen molar-refractivity contribution >= 4 is 43.6 Å². The average molecular weight is 648 g/mol. The lowest BCUT2D eigenvalue weighted by atomic mass is 10.0. The number of unbranched alkanes of at least 4 members (excludes halogenated alkanes) is 1. The Morgan fingerprint density at radius 2 is 1.61 bits per heavy atom. The smallest absolute Gasteiger partial charge is 0.304 e. The van der Waals surface area contributed by atoms with E-state index in [1.54, 1.807) is 0 Å². The van der Waals surface area contributed by atoms with Gasteiger partial charge in [0.05, 0.1) is 5.69 Å². The van der Waals surface area contributed by atoms with Crippen molar-refractivity contribution in [2.45, 2.75) is 38.8 Å². The SMILES string of the molecule is CCCCNC(=O)[C@@H](Cc1ccccc1)N(Cc1cccc(Br)c1)C(=O)CN(c1ccc(F)cc1)S(=O)(=O)N(C)C. The summed E-state index contributed by atoms with van der Waals surface area (Å²) in [6, 6.07) is 20.7. The maximum atomic E-state index is 14.2. The first-order valence-electron chi connectivity index (χ1n) is 13.3. The zero-order chi connectivity index (χ0) is 30.0. The second-order valence-corrected chi connectivity index (χ2v) is 12.8. The predicted molar refractivity (Wildman–Crippen MR) is 163 cm³/mol. The Balaban J connectivity index is 2.07. The van der Waals surface area contributed by atoms with E-state index in [-0.39, 0.29) is 24.6 Å². The highest BCUT2D eigenvalue weighted by atomic mass is 79.9. The number of nitrogens with one attached hydrogen (secondary N) is 1. The van der Waals surface area contributed by atoms with Gasteiger partial charge in [-0.25, -0.2) is 8.70 Å². The molecule has 1 atom stereocenters. The standard InChI is InChI=1S/C30H36BrFN4O4S/c1-4-5-18-33-30(38)28(20-23-10-7-6-8-11-23)35(21-24-12-9-13-25(31)19-24)29(37)22-36(41(39,40)34(2)3)27-16-14-26(32)15-17-27/h6-17,19,28H,4-5,18,20-22H2,1-3H3,(H,33,38)/t28-/m1/s1. The van der Waals surface area contributed by atoms with E-state index in [1.807, 2.05) is 61.5 Å². The largest absolute Gasteiger partial charge is 0.354 e. The molecule has 3 aromatic rings. The molecule has 3 aromatic carbocycles. The van der Waals surface area contributed by atoms with Gasteiger partial charge in [0.1, 0.15) is 18.4 Å². The number of hydrogen-bond acceptors (Lipinski definition) is 4. The van der Waals surface area contributed by atoms with Gasteiger partial charge in [0.25, 0.3) is 0 Å². The minimum Gasteiger partial charge on any atom is -0.354 e. The summed E-state index contributed by atoms with van der Waals surface area (Å²) in [7, 11) is -1.43. The van der Waals surface area contributed by atoms with Crippen molar-refractivity contribution in [2.75, 3.05) is 31.5 Å². The molecule has 0 fully saturated rings. The van der Waals surface area contributed by atoms with Crippen LogP contribution in [-0.4, -0.2) is 62.7 Å². The Morgan fingerprint density at radius 1 is 0.951 bits per heavy atom. The fourth-order valence-corrected chi connectivity index (χ4v) is 5.72. The van der Waals surface area contributed by atoms with Gasteiger partial charge in [0, 0.05) is 38.1 Å². The molecule has 0 aromatic heterocycles. The summed E-state index contributed by atoms with van der Waals surface area (Å²) in [5.74, 6) is -1.44. The Bertz CT molecular complexity index is 1410. The Hall–Kier alpha value is -3.28. The van der Waals surface area contributed by atoms with Crippen LogP contribution >= 0.6 is 15.9 Å². The van der Waals surface area contributed by atoms with Crippen molar-refractivity contribution < 1.29 is 22.4 Å². The van der Waals surface area contributed by atoms with Crippen molar-refractivity contribution in [1.29, 1.82) is 0 Å². The summed E-state index contributed by atoms with van der Waals surface area (Å²) >= 11 is 3.46. The van der Waals surface area contributed by atoms with Crippen molar-refractivity contribution in [3.05, 3.63) is 100 Å². The van der Waals surface area contributed by atoms with Crippen LogP contribution in [0, 0.1) is 5.82 Å². The summed E-state index contributed by atoms with van der Waals surface area (Å²) < 4.78 is 43.1. The number of carbonyl (C=O) groups excluding carboxylic acids is 2. The predicted octanol–water partition coefficient (Wildman–Crippen LogP) is 4.76. The van der Waals surface area contributed by atoms with E-state index in [0.29, 0.717) is 6.54 Å². The zero-order valence-corrected chi connectivity index (χ0v) is 25.9. The molecule has 0 bridgehead atoms. The third kappa shape index (κ3) is 9.11. The first-order valence-corrected chi connectivity index (χ1v) is 15.5. The second kappa shape index (κ2) is 15.1. The number of amides is 2. The lowest BCUT2D eigenvalue weighted by Gasteiger charge is -2.34. The molecule has 0 heterocycles. The minimum absolute atomic E-state index is 0.0657. The van der Waals surface area contributed by atoms with Gasteiger partial charge in [-0.05, 0) is 53.9 Å². The van der Waals surface area contributed by atoms with Gasteiger partial charge in [-0.15, -0.1) is 0 Å². The van der Waals surface area contributed by atoms with Crippen LogP contribution in [-0.2, 0) is 32.8 Å². The molecule has 2 amide bonds. The molecule has 0 saturated carbocycles. The number of carbonyl (C=O) groups is 2. The Kier molecular flexibility index (Phi) is 11.9. The molecule has 220 valence electrons. The number of anilines is 1. The first-order chi connectivity index (χ1) is 19.5. The molecule has 11 heteroatoms. The molecular formula is C30H36BrFN4O4S. The van der Waals surface area contributed by atoms with Crippen molar-refractivity contribution in [1.82, 2.24) is 14.5 Å². The van der Waals surface area contributed by atoms with E-state index in [9.17, 15) is 22.4 Å². The monoisotopic (exact) mass is 646 g/mol. The highest BCUT2D eigenvalue weighted by Gasteiger charge is 2.34. The molecule has 0 spiro atoms. The van der Waals surface area contributed by atoms with Crippen LogP contribution in [0.3, 0.4) is 0 Å². The van der Waals surface area contributed by atoms with Gasteiger partial charge in [0.2, 0.25) is 11.8 Å². The summed E-state index contributed by atoms with van der Waals surface area (Å²) in [6.45, 7) is 1.95. The molecule has 0 unspecified atom stereocenters. The van der Waals surface area contributed by atoms with Gasteiger partial charge >= 0.3 is 10.2 Å². The molecule has 0 aliphatic heterocycles. The average Bonchev–Trinajstić information content (AvgIpc) is 2.94. The van der Waals surface area contributed by atoms with E-state index in [4.69, 9.17) is 0 Å². The normalized spacial score (nSPS) is 12.1. The van der Waals surface area contributed by atoms with Gasteiger partial charge in [-0.2, -0.15) is 12.7 Å². The molecule has 8 nitrogen and oxygen atoms in total. The van der Waals surface area contributed by atoms with E-state index in [0.717, 1.165) is 49.2 Å². The quantitative estimate of drug-likeness (QED) is 0.256. The molecule has 0 aliphatic rings. The van der Waals surface area contributed by atoms with Crippen molar-refractivity contribution in [2.24, 2.45) is 0 Å². The summed E-state index contributed by atoms with van der Waals surface area (Å²) in [6.07, 6.45) is 1.90. The lowest BCUT2D eigenvalue weighted by molar-refractivity contribution is -0.140. The summed E-state index contributed by atoms with van der Waals surface area (Å²) in [5.41, 5.74) is 1.74. The Labute approximate surface area is 250 Å². The van der Waals surface area contributed by atoms with Crippen LogP contribution in [0.15, 0.2) is 83.3 Å². The molecule has 0 aliphatic carbocycles. The molecule has 0 radical (unpaired) electrons. The van der Waals surface area contributed by atoms with Gasteiger partial charge in [-0.3, -0.25) is 9.59 Å².